The molecule has 0 unspecified atom stereocenters. The topological polar surface area (TPSA) is 58.9 Å². The van der Waals surface area contributed by atoms with Crippen LogP contribution in [0.1, 0.15) is 10.4 Å². The first-order valence-corrected chi connectivity index (χ1v) is 4.53. The number of nitrogens with two attached hydrogens (primary N) is 1. The highest BCUT2D eigenvalue weighted by Gasteiger charge is 2.15. The van der Waals surface area contributed by atoms with Crippen LogP contribution in [0.15, 0.2) is 12.3 Å². The quantitative estimate of drug-likeness (QED) is 0.773. The van der Waals surface area contributed by atoms with E-state index in [0.29, 0.717) is 5.52 Å². The van der Waals surface area contributed by atoms with E-state index in [1.807, 2.05) is 0 Å². The van der Waals surface area contributed by atoms with Gasteiger partial charge in [-0.15, -0.1) is 0 Å². The third-order valence-electron chi connectivity index (χ3n) is 1.91. The molecule has 0 aliphatic heterocycles. The number of aromatic amines is 1. The highest BCUT2D eigenvalue weighted by atomic mass is 35.5. The van der Waals surface area contributed by atoms with E-state index in [4.69, 9.17) is 28.9 Å². The predicted octanol–water partition coefficient (Wildman–Crippen LogP) is 2.37. The molecule has 1 amide bonds. The van der Waals surface area contributed by atoms with Crippen LogP contribution < -0.4 is 5.73 Å². The molecule has 0 saturated heterocycles. The third-order valence-corrected chi connectivity index (χ3v) is 2.58. The van der Waals surface area contributed by atoms with Crippen LogP contribution >= 0.6 is 23.2 Å². The minimum atomic E-state index is -0.642. The number of hydrogen-bond donors (Lipinski definition) is 2. The second kappa shape index (κ2) is 3.19. The fraction of sp³-hybridized carbons (Fsp3) is 0. The Kier molecular flexibility index (Phi) is 2.13. The van der Waals surface area contributed by atoms with Crippen molar-refractivity contribution in [3.05, 3.63) is 33.9 Å². The summed E-state index contributed by atoms with van der Waals surface area (Å²) in [5.41, 5.74) is 5.89. The minimum absolute atomic E-state index is 0.136. The Labute approximate surface area is 89.8 Å². The first kappa shape index (κ1) is 9.37. The van der Waals surface area contributed by atoms with Crippen molar-refractivity contribution < 1.29 is 4.79 Å². The molecule has 14 heavy (non-hydrogen) atoms. The van der Waals surface area contributed by atoms with Gasteiger partial charge >= 0.3 is 0 Å². The molecule has 0 saturated carbocycles. The first-order chi connectivity index (χ1) is 6.61. The van der Waals surface area contributed by atoms with Gasteiger partial charge in [0, 0.05) is 17.6 Å². The zero-order valence-electron chi connectivity index (χ0n) is 6.90. The van der Waals surface area contributed by atoms with Crippen molar-refractivity contribution in [3.8, 4) is 0 Å². The van der Waals surface area contributed by atoms with Crippen LogP contribution in [0.25, 0.3) is 10.9 Å². The molecule has 0 atom stereocenters. The van der Waals surface area contributed by atoms with Crippen molar-refractivity contribution in [1.29, 1.82) is 0 Å². The Morgan fingerprint density at radius 3 is 2.86 bits per heavy atom. The van der Waals surface area contributed by atoms with Gasteiger partial charge in [0.15, 0.2) is 0 Å². The van der Waals surface area contributed by atoms with Crippen LogP contribution in [0, 0.1) is 6.07 Å². The van der Waals surface area contributed by atoms with Gasteiger partial charge in [0.2, 0.25) is 0 Å². The molecule has 3 nitrogen and oxygen atoms in total. The van der Waals surface area contributed by atoms with Crippen molar-refractivity contribution in [1.82, 2.24) is 4.98 Å². The van der Waals surface area contributed by atoms with E-state index in [-0.39, 0.29) is 15.6 Å². The summed E-state index contributed by atoms with van der Waals surface area (Å²) in [4.78, 5) is 13.9. The number of carbonyl (C=O) groups is 1. The third kappa shape index (κ3) is 1.25. The molecular formula is C9H5Cl2N2O. The van der Waals surface area contributed by atoms with Crippen LogP contribution in [0.3, 0.4) is 0 Å². The maximum Gasteiger partial charge on any atom is 0.251 e. The molecule has 0 aliphatic rings. The molecule has 1 aromatic heterocycles. The number of aromatic nitrogens is 1. The lowest BCUT2D eigenvalue weighted by atomic mass is 10.1. The highest BCUT2D eigenvalue weighted by molar-refractivity contribution is 6.43. The standard InChI is InChI=1S/C9H5Cl2N2O/c10-5-3-4-1-2-13-8(4)7(11)6(5)9(12)14/h2-3,13H,(H2,12,14). The summed E-state index contributed by atoms with van der Waals surface area (Å²) in [6.07, 6.45) is 1.59. The minimum Gasteiger partial charge on any atom is -0.366 e. The zero-order valence-corrected chi connectivity index (χ0v) is 8.41. The van der Waals surface area contributed by atoms with Gasteiger partial charge in [-0.2, -0.15) is 0 Å². The Morgan fingerprint density at radius 1 is 1.50 bits per heavy atom. The number of hydrogen-bond acceptors (Lipinski definition) is 1. The van der Waals surface area contributed by atoms with Crippen LogP contribution in [0.4, 0.5) is 0 Å². The number of carbonyl (C=O) groups excluding carboxylic acids is 1. The molecule has 2 rings (SSSR count). The fourth-order valence-corrected chi connectivity index (χ4v) is 1.98. The summed E-state index contributed by atoms with van der Waals surface area (Å²) >= 11 is 11.8. The van der Waals surface area contributed by atoms with E-state index in [1.54, 1.807) is 12.3 Å². The second-order valence-electron chi connectivity index (χ2n) is 2.77. The van der Waals surface area contributed by atoms with E-state index < -0.39 is 5.91 Å². The smallest absolute Gasteiger partial charge is 0.251 e. The summed E-state index contributed by atoms with van der Waals surface area (Å²) in [5, 5.41) is 1.21. The van der Waals surface area contributed by atoms with Gasteiger partial charge in [0.05, 0.1) is 21.1 Å². The van der Waals surface area contributed by atoms with E-state index in [9.17, 15) is 4.79 Å². The molecule has 2 aromatic rings. The molecule has 5 heteroatoms. The Bertz CT molecular complexity index is 519. The van der Waals surface area contributed by atoms with Crippen molar-refractivity contribution in [2.24, 2.45) is 5.73 Å². The number of H-pyrrole nitrogens is 1. The molecular weight excluding hydrogens is 223 g/mol. The summed E-state index contributed by atoms with van der Waals surface area (Å²) in [6, 6.07) is 4.49. The Hall–Kier alpha value is -1.19. The van der Waals surface area contributed by atoms with Crippen LogP contribution in [-0.2, 0) is 0 Å². The van der Waals surface area contributed by atoms with Gasteiger partial charge in [-0.1, -0.05) is 23.2 Å². The molecule has 0 bridgehead atoms. The monoisotopic (exact) mass is 227 g/mol. The number of halogens is 2. The van der Waals surface area contributed by atoms with Gasteiger partial charge < -0.3 is 10.7 Å². The van der Waals surface area contributed by atoms with E-state index in [2.05, 4.69) is 11.1 Å². The van der Waals surface area contributed by atoms with Gasteiger partial charge in [-0.05, 0) is 6.07 Å². The largest absolute Gasteiger partial charge is 0.366 e. The SMILES string of the molecule is NC(=O)c1c(Cl)cc2[c]c[nH]c2c1Cl. The van der Waals surface area contributed by atoms with Gasteiger partial charge in [-0.25, -0.2) is 0 Å². The molecule has 71 valence electrons. The molecule has 1 radical (unpaired) electrons. The number of fused-ring (bicyclic) bond motifs is 1. The van der Waals surface area contributed by atoms with Crippen molar-refractivity contribution >= 4 is 40.0 Å². The zero-order chi connectivity index (χ0) is 10.3. The summed E-state index contributed by atoms with van der Waals surface area (Å²) in [6.45, 7) is 0. The molecule has 0 spiro atoms. The average molecular weight is 228 g/mol. The molecule has 3 N–H and O–H groups in total. The summed E-state index contributed by atoms with van der Waals surface area (Å²) < 4.78 is 0. The molecule has 1 aromatic carbocycles. The summed E-state index contributed by atoms with van der Waals surface area (Å²) in [5.74, 6) is -0.642. The Morgan fingerprint density at radius 2 is 2.21 bits per heavy atom. The van der Waals surface area contributed by atoms with E-state index >= 15 is 0 Å². The highest BCUT2D eigenvalue weighted by Crippen LogP contribution is 2.31. The first-order valence-electron chi connectivity index (χ1n) is 3.78. The number of rotatable bonds is 1. The van der Waals surface area contributed by atoms with Gasteiger partial charge in [0.25, 0.3) is 5.91 Å². The van der Waals surface area contributed by atoms with Gasteiger partial charge in [-0.3, -0.25) is 4.79 Å². The van der Waals surface area contributed by atoms with Crippen LogP contribution in [-0.4, -0.2) is 10.9 Å². The normalized spacial score (nSPS) is 10.7. The van der Waals surface area contributed by atoms with E-state index in [0.717, 1.165) is 5.39 Å². The molecule has 0 aliphatic carbocycles. The maximum absolute atomic E-state index is 11.0. The van der Waals surface area contributed by atoms with Crippen molar-refractivity contribution in [3.63, 3.8) is 0 Å². The summed E-state index contributed by atoms with van der Waals surface area (Å²) in [7, 11) is 0. The van der Waals surface area contributed by atoms with Gasteiger partial charge in [0.1, 0.15) is 0 Å². The fourth-order valence-electron chi connectivity index (χ4n) is 1.29. The maximum atomic E-state index is 11.0. The lowest BCUT2D eigenvalue weighted by Gasteiger charge is -2.03. The number of primary amides is 1. The van der Waals surface area contributed by atoms with E-state index in [1.165, 1.54) is 0 Å². The van der Waals surface area contributed by atoms with Crippen molar-refractivity contribution in [2.45, 2.75) is 0 Å². The Balaban J connectivity index is 2.89. The number of nitrogens with one attached hydrogen (secondary N) is 1. The molecule has 1 heterocycles. The van der Waals surface area contributed by atoms with Crippen LogP contribution in [0.2, 0.25) is 10.0 Å². The average Bonchev–Trinajstić information content (AvgIpc) is 2.50. The van der Waals surface area contributed by atoms with Crippen molar-refractivity contribution in [2.75, 3.05) is 0 Å². The number of benzene rings is 1. The lowest BCUT2D eigenvalue weighted by molar-refractivity contribution is 0.100. The van der Waals surface area contributed by atoms with Crippen LogP contribution in [0.5, 0.6) is 0 Å². The number of amides is 1. The lowest BCUT2D eigenvalue weighted by Crippen LogP contribution is -2.12. The predicted molar refractivity (Wildman–Crippen MR) is 55.7 cm³/mol. The second-order valence-corrected chi connectivity index (χ2v) is 3.55. The molecule has 0 fully saturated rings.